The van der Waals surface area contributed by atoms with Gasteiger partial charge in [-0.25, -0.2) is 0 Å². The number of hydrogen-bond donors (Lipinski definition) is 1. The Morgan fingerprint density at radius 2 is 2.35 bits per heavy atom. The van der Waals surface area contributed by atoms with Gasteiger partial charge < -0.3 is 14.8 Å². The van der Waals surface area contributed by atoms with Crippen molar-refractivity contribution in [3.05, 3.63) is 22.2 Å². The van der Waals surface area contributed by atoms with E-state index in [1.807, 2.05) is 6.92 Å². The summed E-state index contributed by atoms with van der Waals surface area (Å²) in [5, 5.41) is 3.45. The summed E-state index contributed by atoms with van der Waals surface area (Å²) in [6.45, 7) is 3.16. The molecule has 2 rings (SSSR count). The highest BCUT2D eigenvalue weighted by molar-refractivity contribution is 9.10. The first-order valence-corrected chi connectivity index (χ1v) is 7.92. The summed E-state index contributed by atoms with van der Waals surface area (Å²) in [6, 6.07) is 3.37. The van der Waals surface area contributed by atoms with Gasteiger partial charge in [0.2, 0.25) is 0 Å². The van der Waals surface area contributed by atoms with Crippen LogP contribution in [0.3, 0.4) is 0 Å². The number of methoxy groups -OCH3 is 1. The molecule has 7 heteroatoms. The van der Waals surface area contributed by atoms with Crippen LogP contribution < -0.4 is 14.8 Å². The molecule has 108 valence electrons. The van der Waals surface area contributed by atoms with Crippen molar-refractivity contribution in [3.63, 3.8) is 0 Å². The summed E-state index contributed by atoms with van der Waals surface area (Å²) >= 11 is 4.94. The number of halogens is 1. The van der Waals surface area contributed by atoms with Gasteiger partial charge >= 0.3 is 0 Å². The molecule has 1 N–H and O–H groups in total. The monoisotopic (exact) mass is 358 g/mol. The number of nitrogens with zero attached hydrogens (tertiary/aromatic N) is 1. The van der Waals surface area contributed by atoms with E-state index >= 15 is 0 Å². The lowest BCUT2D eigenvalue weighted by molar-refractivity contribution is 0.0977. The second-order valence-corrected chi connectivity index (χ2v) is 5.85. The minimum atomic E-state index is -0.208. The van der Waals surface area contributed by atoms with Crippen LogP contribution in [-0.4, -0.2) is 37.1 Å². The molecule has 1 heterocycles. The van der Waals surface area contributed by atoms with Crippen LogP contribution in [0.25, 0.3) is 0 Å². The molecule has 5 nitrogen and oxygen atoms in total. The van der Waals surface area contributed by atoms with Crippen LogP contribution in [0.2, 0.25) is 0 Å². The lowest BCUT2D eigenvalue weighted by Gasteiger charge is -2.13. The Morgan fingerprint density at radius 3 is 2.95 bits per heavy atom. The Balaban J connectivity index is 2.23. The number of carbonyl (C=O) groups is 1. The van der Waals surface area contributed by atoms with Crippen molar-refractivity contribution in [2.75, 3.05) is 26.0 Å². The zero-order chi connectivity index (χ0) is 14.5. The van der Waals surface area contributed by atoms with E-state index in [0.717, 1.165) is 12.3 Å². The fourth-order valence-corrected chi connectivity index (χ4v) is 3.00. The third-order valence-corrected chi connectivity index (χ3v) is 4.07. The average molecular weight is 359 g/mol. The van der Waals surface area contributed by atoms with Crippen LogP contribution in [0.15, 0.2) is 21.6 Å². The van der Waals surface area contributed by atoms with Crippen LogP contribution in [0.4, 0.5) is 0 Å². The van der Waals surface area contributed by atoms with Crippen molar-refractivity contribution < 1.29 is 14.3 Å². The van der Waals surface area contributed by atoms with Crippen LogP contribution >= 0.6 is 27.7 Å². The van der Waals surface area contributed by atoms with Gasteiger partial charge in [0, 0.05) is 11.3 Å². The smallest absolute Gasteiger partial charge is 0.257 e. The van der Waals surface area contributed by atoms with Crippen molar-refractivity contribution in [2.45, 2.75) is 6.92 Å². The van der Waals surface area contributed by atoms with E-state index < -0.39 is 0 Å². The fourth-order valence-electron chi connectivity index (χ4n) is 1.72. The van der Waals surface area contributed by atoms with E-state index in [1.54, 1.807) is 31.0 Å². The topological polar surface area (TPSA) is 59.9 Å². The molecule has 0 saturated carbocycles. The lowest BCUT2D eigenvalue weighted by atomic mass is 10.2. The Hall–Kier alpha value is -1.21. The number of amides is 1. The molecule has 1 aromatic rings. The van der Waals surface area contributed by atoms with Crippen molar-refractivity contribution in [3.8, 4) is 11.5 Å². The second kappa shape index (κ2) is 6.99. The number of hydrogen-bond acceptors (Lipinski definition) is 5. The number of amidine groups is 1. The third kappa shape index (κ3) is 3.46. The van der Waals surface area contributed by atoms with Gasteiger partial charge in [-0.1, -0.05) is 11.8 Å². The van der Waals surface area contributed by atoms with Crippen LogP contribution in [0, 0.1) is 0 Å². The Labute approximate surface area is 130 Å². The molecule has 1 aromatic carbocycles. The summed E-state index contributed by atoms with van der Waals surface area (Å²) in [7, 11) is 1.54. The first-order valence-electron chi connectivity index (χ1n) is 6.14. The van der Waals surface area contributed by atoms with E-state index in [-0.39, 0.29) is 5.91 Å². The molecule has 1 aliphatic rings. The molecule has 0 atom stereocenters. The molecule has 0 saturated heterocycles. The van der Waals surface area contributed by atoms with E-state index in [9.17, 15) is 4.79 Å². The van der Waals surface area contributed by atoms with Gasteiger partial charge in [0.15, 0.2) is 16.7 Å². The Bertz CT molecular complexity index is 549. The molecule has 0 aliphatic carbocycles. The number of rotatable bonds is 4. The van der Waals surface area contributed by atoms with E-state index in [0.29, 0.717) is 33.3 Å². The molecule has 20 heavy (non-hydrogen) atoms. The summed E-state index contributed by atoms with van der Waals surface area (Å²) in [4.78, 5) is 16.4. The average Bonchev–Trinajstić information content (AvgIpc) is 2.93. The Morgan fingerprint density at radius 1 is 1.55 bits per heavy atom. The maximum absolute atomic E-state index is 12.2. The molecule has 0 unspecified atom stereocenters. The molecule has 1 aliphatic heterocycles. The zero-order valence-corrected chi connectivity index (χ0v) is 13.6. The van der Waals surface area contributed by atoms with Gasteiger partial charge in [-0.2, -0.15) is 0 Å². The highest BCUT2D eigenvalue weighted by Crippen LogP contribution is 2.36. The largest absolute Gasteiger partial charge is 0.493 e. The van der Waals surface area contributed by atoms with Crippen LogP contribution in [-0.2, 0) is 0 Å². The van der Waals surface area contributed by atoms with Crippen molar-refractivity contribution >= 4 is 38.8 Å². The SMILES string of the molecule is CCOc1c(Br)cc(C(=O)NC2=NCCS2)cc1OC. The maximum atomic E-state index is 12.2. The quantitative estimate of drug-likeness (QED) is 0.898. The van der Waals surface area contributed by atoms with Gasteiger partial charge in [-0.15, -0.1) is 0 Å². The number of ether oxygens (including phenoxy) is 2. The first-order chi connectivity index (χ1) is 9.65. The van der Waals surface area contributed by atoms with Gasteiger partial charge in [0.1, 0.15) is 0 Å². The molecular weight excluding hydrogens is 344 g/mol. The van der Waals surface area contributed by atoms with Crippen molar-refractivity contribution in [1.29, 1.82) is 0 Å². The molecule has 1 amide bonds. The zero-order valence-electron chi connectivity index (χ0n) is 11.2. The second-order valence-electron chi connectivity index (χ2n) is 3.91. The normalized spacial score (nSPS) is 13.8. The Kier molecular flexibility index (Phi) is 5.31. The minimum Gasteiger partial charge on any atom is -0.493 e. The molecule has 0 radical (unpaired) electrons. The van der Waals surface area contributed by atoms with Crippen LogP contribution in [0.5, 0.6) is 11.5 Å². The fraction of sp³-hybridized carbons (Fsp3) is 0.385. The van der Waals surface area contributed by atoms with E-state index in [4.69, 9.17) is 9.47 Å². The molecule has 0 fully saturated rings. The van der Waals surface area contributed by atoms with E-state index in [2.05, 4.69) is 26.2 Å². The number of benzene rings is 1. The molecular formula is C13H15BrN2O3S. The predicted molar refractivity (Wildman–Crippen MR) is 84.1 cm³/mol. The summed E-state index contributed by atoms with van der Waals surface area (Å²) in [5.74, 6) is 1.82. The highest BCUT2D eigenvalue weighted by Gasteiger charge is 2.17. The van der Waals surface area contributed by atoms with E-state index in [1.165, 1.54) is 0 Å². The van der Waals surface area contributed by atoms with Gasteiger partial charge in [-0.3, -0.25) is 9.79 Å². The number of aliphatic imine (C=N–C) groups is 1. The number of thioether (sulfide) groups is 1. The predicted octanol–water partition coefficient (Wildman–Crippen LogP) is 2.69. The van der Waals surface area contributed by atoms with Crippen molar-refractivity contribution in [1.82, 2.24) is 5.32 Å². The molecule has 0 bridgehead atoms. The third-order valence-electron chi connectivity index (χ3n) is 2.59. The number of nitrogens with one attached hydrogen (secondary N) is 1. The summed E-state index contributed by atoms with van der Waals surface area (Å²) < 4.78 is 11.4. The van der Waals surface area contributed by atoms with Crippen molar-refractivity contribution in [2.24, 2.45) is 4.99 Å². The summed E-state index contributed by atoms with van der Waals surface area (Å²) in [6.07, 6.45) is 0. The summed E-state index contributed by atoms with van der Waals surface area (Å²) in [5.41, 5.74) is 0.493. The number of carbonyl (C=O) groups excluding carboxylic acids is 1. The van der Waals surface area contributed by atoms with Crippen LogP contribution in [0.1, 0.15) is 17.3 Å². The highest BCUT2D eigenvalue weighted by atomic mass is 79.9. The molecule has 0 spiro atoms. The van der Waals surface area contributed by atoms with Gasteiger partial charge in [-0.05, 0) is 35.0 Å². The standard InChI is InChI=1S/C13H15BrN2O3S/c1-3-19-11-9(14)6-8(7-10(11)18-2)12(17)16-13-15-4-5-20-13/h6-7H,3-5H2,1-2H3,(H,15,16,17). The van der Waals surface area contributed by atoms with Gasteiger partial charge in [0.05, 0.1) is 24.7 Å². The lowest BCUT2D eigenvalue weighted by Crippen LogP contribution is -2.27. The maximum Gasteiger partial charge on any atom is 0.257 e. The molecule has 0 aromatic heterocycles. The van der Waals surface area contributed by atoms with Gasteiger partial charge in [0.25, 0.3) is 5.91 Å². The first kappa shape index (κ1) is 15.2. The minimum absolute atomic E-state index is 0.208.